The van der Waals surface area contributed by atoms with Crippen molar-refractivity contribution in [1.82, 2.24) is 5.32 Å². The number of aliphatic hydroxyl groups excluding tert-OH is 1. The van der Waals surface area contributed by atoms with Gasteiger partial charge in [0, 0.05) is 13.0 Å². The Kier molecular flexibility index (Phi) is 5.41. The van der Waals surface area contributed by atoms with Crippen LogP contribution in [0.2, 0.25) is 0 Å². The summed E-state index contributed by atoms with van der Waals surface area (Å²) in [6, 6.07) is 7.11. The average Bonchev–Trinajstić information content (AvgIpc) is 2.46. The molecule has 3 N–H and O–H groups in total. The second-order valence-electron chi connectivity index (χ2n) is 5.61. The van der Waals surface area contributed by atoms with Crippen LogP contribution in [0.4, 0.5) is 0 Å². The molecular formula is C16H23NO3. The van der Waals surface area contributed by atoms with E-state index in [4.69, 9.17) is 0 Å². The number of aryl methyl sites for hydroxylation is 1. The summed E-state index contributed by atoms with van der Waals surface area (Å²) >= 11 is 0. The van der Waals surface area contributed by atoms with E-state index in [1.54, 1.807) is 12.1 Å². The normalized spacial score (nSPS) is 22.4. The zero-order valence-corrected chi connectivity index (χ0v) is 11.7. The minimum absolute atomic E-state index is 0.0272. The number of amides is 1. The fraction of sp³-hybridized carbons (Fsp3) is 0.562. The lowest BCUT2D eigenvalue weighted by atomic mass is 9.87. The Labute approximate surface area is 119 Å². The first-order valence-electron chi connectivity index (χ1n) is 7.37. The van der Waals surface area contributed by atoms with Gasteiger partial charge < -0.3 is 15.5 Å². The van der Waals surface area contributed by atoms with Crippen LogP contribution < -0.4 is 5.32 Å². The number of phenolic OH excluding ortho intramolecular Hbond substituents is 1. The highest BCUT2D eigenvalue weighted by Crippen LogP contribution is 2.23. The van der Waals surface area contributed by atoms with Gasteiger partial charge in [-0.15, -0.1) is 0 Å². The number of carbonyl (C=O) groups excluding carboxylic acids is 1. The highest BCUT2D eigenvalue weighted by Gasteiger charge is 2.19. The summed E-state index contributed by atoms with van der Waals surface area (Å²) < 4.78 is 0. The van der Waals surface area contributed by atoms with Gasteiger partial charge in [-0.25, -0.2) is 0 Å². The number of phenols is 1. The van der Waals surface area contributed by atoms with Crippen LogP contribution in [0, 0.1) is 5.92 Å². The minimum atomic E-state index is -0.150. The fourth-order valence-electron chi connectivity index (χ4n) is 2.67. The summed E-state index contributed by atoms with van der Waals surface area (Å²) in [6.07, 6.45) is 4.47. The van der Waals surface area contributed by atoms with Gasteiger partial charge in [0.05, 0.1) is 6.10 Å². The van der Waals surface area contributed by atoms with Crippen molar-refractivity contribution in [2.75, 3.05) is 6.54 Å². The van der Waals surface area contributed by atoms with Gasteiger partial charge in [-0.05, 0) is 49.7 Å². The van der Waals surface area contributed by atoms with Crippen LogP contribution >= 0.6 is 0 Å². The van der Waals surface area contributed by atoms with Gasteiger partial charge in [0.1, 0.15) is 5.75 Å². The Morgan fingerprint density at radius 2 is 1.90 bits per heavy atom. The fourth-order valence-corrected chi connectivity index (χ4v) is 2.67. The molecule has 0 aliphatic heterocycles. The highest BCUT2D eigenvalue weighted by atomic mass is 16.3. The van der Waals surface area contributed by atoms with Crippen molar-refractivity contribution < 1.29 is 15.0 Å². The maximum Gasteiger partial charge on any atom is 0.220 e. The number of aliphatic hydroxyl groups is 1. The van der Waals surface area contributed by atoms with Crippen LogP contribution in [0.15, 0.2) is 24.3 Å². The van der Waals surface area contributed by atoms with E-state index in [-0.39, 0.29) is 17.8 Å². The first-order chi connectivity index (χ1) is 9.65. The van der Waals surface area contributed by atoms with Crippen molar-refractivity contribution in [3.05, 3.63) is 29.8 Å². The average molecular weight is 277 g/mol. The second kappa shape index (κ2) is 7.29. The summed E-state index contributed by atoms with van der Waals surface area (Å²) in [5.74, 6) is 0.772. The number of benzene rings is 1. The predicted molar refractivity (Wildman–Crippen MR) is 77.4 cm³/mol. The van der Waals surface area contributed by atoms with Crippen molar-refractivity contribution >= 4 is 5.91 Å². The lowest BCUT2D eigenvalue weighted by Gasteiger charge is -2.25. The molecule has 1 saturated carbocycles. The molecule has 1 aromatic rings. The van der Waals surface area contributed by atoms with Crippen LogP contribution in [0.5, 0.6) is 5.75 Å². The molecule has 110 valence electrons. The summed E-state index contributed by atoms with van der Waals surface area (Å²) in [4.78, 5) is 11.8. The molecule has 4 heteroatoms. The first kappa shape index (κ1) is 14.9. The van der Waals surface area contributed by atoms with Gasteiger partial charge in [0.15, 0.2) is 0 Å². The largest absolute Gasteiger partial charge is 0.508 e. The molecule has 1 aliphatic carbocycles. The molecule has 1 amide bonds. The zero-order valence-electron chi connectivity index (χ0n) is 11.7. The standard InChI is InChI=1S/C16H23NO3/c18-14-8-5-12(6-9-14)11-17-16(20)10-7-13-3-1-2-4-15(13)19/h1-4,12,14,18-19H,5-11H2,(H,17,20). The van der Waals surface area contributed by atoms with Crippen LogP contribution in [0.3, 0.4) is 0 Å². The van der Waals surface area contributed by atoms with Crippen molar-refractivity contribution in [2.24, 2.45) is 5.92 Å². The molecular weight excluding hydrogens is 254 g/mol. The molecule has 0 unspecified atom stereocenters. The van der Waals surface area contributed by atoms with Gasteiger partial charge in [-0.3, -0.25) is 4.79 Å². The summed E-state index contributed by atoms with van der Waals surface area (Å²) in [6.45, 7) is 0.701. The van der Waals surface area contributed by atoms with Crippen LogP contribution in [0.25, 0.3) is 0 Å². The number of carbonyl (C=O) groups is 1. The quantitative estimate of drug-likeness (QED) is 0.771. The highest BCUT2D eigenvalue weighted by molar-refractivity contribution is 5.76. The molecule has 0 saturated heterocycles. The molecule has 0 heterocycles. The lowest BCUT2D eigenvalue weighted by molar-refractivity contribution is -0.121. The van der Waals surface area contributed by atoms with E-state index >= 15 is 0 Å². The molecule has 1 aromatic carbocycles. The molecule has 20 heavy (non-hydrogen) atoms. The number of hydrogen-bond donors (Lipinski definition) is 3. The Bertz CT molecular complexity index is 439. The third-order valence-corrected chi connectivity index (χ3v) is 4.02. The van der Waals surface area contributed by atoms with Gasteiger partial charge in [0.2, 0.25) is 5.91 Å². The zero-order chi connectivity index (χ0) is 14.4. The third-order valence-electron chi connectivity index (χ3n) is 4.02. The van der Waals surface area contributed by atoms with Gasteiger partial charge in [0.25, 0.3) is 0 Å². The Morgan fingerprint density at radius 1 is 1.20 bits per heavy atom. The van der Waals surface area contributed by atoms with Crippen molar-refractivity contribution in [3.8, 4) is 5.75 Å². The van der Waals surface area contributed by atoms with E-state index in [1.807, 2.05) is 12.1 Å². The van der Waals surface area contributed by atoms with E-state index in [0.29, 0.717) is 25.3 Å². The number of rotatable bonds is 5. The van der Waals surface area contributed by atoms with E-state index in [1.165, 1.54) is 0 Å². The topological polar surface area (TPSA) is 69.6 Å². The second-order valence-corrected chi connectivity index (χ2v) is 5.61. The van der Waals surface area contributed by atoms with E-state index in [0.717, 1.165) is 31.2 Å². The molecule has 0 bridgehead atoms. The SMILES string of the molecule is O=C(CCc1ccccc1O)NCC1CCC(O)CC1. The van der Waals surface area contributed by atoms with Crippen LogP contribution in [-0.2, 0) is 11.2 Å². The Morgan fingerprint density at radius 3 is 2.60 bits per heavy atom. The van der Waals surface area contributed by atoms with Gasteiger partial charge >= 0.3 is 0 Å². The smallest absolute Gasteiger partial charge is 0.220 e. The lowest BCUT2D eigenvalue weighted by Crippen LogP contribution is -2.32. The summed E-state index contributed by atoms with van der Waals surface area (Å²) in [7, 11) is 0. The summed E-state index contributed by atoms with van der Waals surface area (Å²) in [5.41, 5.74) is 0.809. The number of para-hydroxylation sites is 1. The number of nitrogens with one attached hydrogen (secondary N) is 1. The predicted octanol–water partition coefficient (Wildman–Crippen LogP) is 1.99. The molecule has 1 fully saturated rings. The minimum Gasteiger partial charge on any atom is -0.508 e. The maximum atomic E-state index is 11.8. The molecule has 4 nitrogen and oxygen atoms in total. The molecule has 0 aromatic heterocycles. The Hall–Kier alpha value is -1.55. The van der Waals surface area contributed by atoms with Crippen molar-refractivity contribution in [2.45, 2.75) is 44.6 Å². The summed E-state index contributed by atoms with van der Waals surface area (Å²) in [5, 5.41) is 22.0. The van der Waals surface area contributed by atoms with E-state index in [2.05, 4.69) is 5.32 Å². The molecule has 0 atom stereocenters. The number of aromatic hydroxyl groups is 1. The number of hydrogen-bond acceptors (Lipinski definition) is 3. The molecule has 0 spiro atoms. The van der Waals surface area contributed by atoms with E-state index in [9.17, 15) is 15.0 Å². The van der Waals surface area contributed by atoms with Crippen molar-refractivity contribution in [3.63, 3.8) is 0 Å². The maximum absolute atomic E-state index is 11.8. The molecule has 0 radical (unpaired) electrons. The van der Waals surface area contributed by atoms with Crippen molar-refractivity contribution in [1.29, 1.82) is 0 Å². The van der Waals surface area contributed by atoms with Gasteiger partial charge in [-0.2, -0.15) is 0 Å². The Balaban J connectivity index is 1.67. The van der Waals surface area contributed by atoms with Crippen LogP contribution in [0.1, 0.15) is 37.7 Å². The van der Waals surface area contributed by atoms with E-state index < -0.39 is 0 Å². The molecule has 2 rings (SSSR count). The van der Waals surface area contributed by atoms with Crippen LogP contribution in [-0.4, -0.2) is 28.8 Å². The molecule has 1 aliphatic rings. The third kappa shape index (κ3) is 4.53. The van der Waals surface area contributed by atoms with Gasteiger partial charge in [-0.1, -0.05) is 18.2 Å². The first-order valence-corrected chi connectivity index (χ1v) is 7.37. The monoisotopic (exact) mass is 277 g/mol.